The van der Waals surface area contributed by atoms with Crippen molar-refractivity contribution in [3.63, 3.8) is 0 Å². The summed E-state index contributed by atoms with van der Waals surface area (Å²) in [7, 11) is 0. The van der Waals surface area contributed by atoms with Gasteiger partial charge in [0.15, 0.2) is 0 Å². The number of rotatable bonds is 4. The average Bonchev–Trinajstić information content (AvgIpc) is 2.53. The quantitative estimate of drug-likeness (QED) is 0.281. The van der Waals surface area contributed by atoms with Gasteiger partial charge in [-0.15, -0.1) is 11.6 Å². The molecule has 110 valence electrons. The second kappa shape index (κ2) is 7.39. The number of nitrogens with zero attached hydrogens (tertiary/aromatic N) is 1. The highest BCUT2D eigenvalue weighted by atomic mass is 35.5. The SMILES string of the molecule is N#C/C(=C/c1cccc(OC(=O)CCl)c1)c1ccccc1F. The van der Waals surface area contributed by atoms with E-state index in [1.54, 1.807) is 36.4 Å². The first-order chi connectivity index (χ1) is 10.6. The van der Waals surface area contributed by atoms with Crippen molar-refractivity contribution in [2.24, 2.45) is 0 Å². The van der Waals surface area contributed by atoms with Crippen LogP contribution in [0.25, 0.3) is 11.6 Å². The zero-order valence-corrected chi connectivity index (χ0v) is 12.2. The van der Waals surface area contributed by atoms with Crippen LogP contribution in [-0.4, -0.2) is 11.8 Å². The highest BCUT2D eigenvalue weighted by Gasteiger charge is 2.08. The number of allylic oxidation sites excluding steroid dienone is 1. The number of carbonyl (C=O) groups is 1. The van der Waals surface area contributed by atoms with E-state index in [0.29, 0.717) is 11.3 Å². The molecule has 5 heteroatoms. The molecular weight excluding hydrogens is 305 g/mol. The Morgan fingerprint density at radius 2 is 2.05 bits per heavy atom. The number of alkyl halides is 1. The van der Waals surface area contributed by atoms with E-state index in [0.717, 1.165) is 0 Å². The molecule has 0 aliphatic heterocycles. The van der Waals surface area contributed by atoms with Gasteiger partial charge in [0.1, 0.15) is 17.4 Å². The molecule has 2 aromatic rings. The van der Waals surface area contributed by atoms with E-state index in [1.165, 1.54) is 18.2 Å². The van der Waals surface area contributed by atoms with Gasteiger partial charge in [-0.1, -0.05) is 30.3 Å². The first kappa shape index (κ1) is 15.7. The molecule has 0 bridgehead atoms. The van der Waals surface area contributed by atoms with Gasteiger partial charge in [-0.3, -0.25) is 4.79 Å². The predicted octanol–water partition coefficient (Wildman–Crippen LogP) is 4.03. The van der Waals surface area contributed by atoms with E-state index >= 15 is 0 Å². The summed E-state index contributed by atoms with van der Waals surface area (Å²) >= 11 is 5.37. The Bertz CT molecular complexity index is 765. The highest BCUT2D eigenvalue weighted by Crippen LogP contribution is 2.22. The van der Waals surface area contributed by atoms with Crippen molar-refractivity contribution in [2.45, 2.75) is 0 Å². The number of ether oxygens (including phenoxy) is 1. The van der Waals surface area contributed by atoms with Crippen molar-refractivity contribution in [1.82, 2.24) is 0 Å². The number of hydrogen-bond acceptors (Lipinski definition) is 3. The Morgan fingerprint density at radius 3 is 2.73 bits per heavy atom. The number of benzene rings is 2. The molecule has 0 radical (unpaired) electrons. The summed E-state index contributed by atoms with van der Waals surface area (Å²) in [4.78, 5) is 11.2. The van der Waals surface area contributed by atoms with Gasteiger partial charge in [0.05, 0.1) is 11.6 Å². The van der Waals surface area contributed by atoms with Gasteiger partial charge in [0.2, 0.25) is 0 Å². The van der Waals surface area contributed by atoms with Crippen molar-refractivity contribution >= 4 is 29.2 Å². The molecule has 0 spiro atoms. The van der Waals surface area contributed by atoms with Gasteiger partial charge in [-0.2, -0.15) is 5.26 Å². The summed E-state index contributed by atoms with van der Waals surface area (Å²) in [5, 5.41) is 9.23. The first-order valence-electron chi connectivity index (χ1n) is 6.37. The van der Waals surface area contributed by atoms with Gasteiger partial charge in [0.25, 0.3) is 0 Å². The predicted molar refractivity (Wildman–Crippen MR) is 82.7 cm³/mol. The van der Waals surface area contributed by atoms with E-state index in [1.807, 2.05) is 6.07 Å². The molecule has 0 saturated carbocycles. The molecule has 0 unspecified atom stereocenters. The second-order valence-electron chi connectivity index (χ2n) is 4.33. The summed E-state index contributed by atoms with van der Waals surface area (Å²) in [5.41, 5.74) is 1.01. The topological polar surface area (TPSA) is 50.1 Å². The summed E-state index contributed by atoms with van der Waals surface area (Å²) in [6, 6.07) is 14.6. The second-order valence-corrected chi connectivity index (χ2v) is 4.60. The van der Waals surface area contributed by atoms with Crippen LogP contribution >= 0.6 is 11.6 Å². The molecule has 2 aromatic carbocycles. The van der Waals surface area contributed by atoms with Crippen molar-refractivity contribution in [1.29, 1.82) is 5.26 Å². The van der Waals surface area contributed by atoms with Crippen LogP contribution in [0, 0.1) is 17.1 Å². The Morgan fingerprint density at radius 1 is 1.27 bits per heavy atom. The van der Waals surface area contributed by atoms with Crippen LogP contribution in [0.1, 0.15) is 11.1 Å². The lowest BCUT2D eigenvalue weighted by Crippen LogP contribution is -2.08. The number of nitriles is 1. The normalized spacial score (nSPS) is 10.9. The van der Waals surface area contributed by atoms with Crippen molar-refractivity contribution < 1.29 is 13.9 Å². The summed E-state index contributed by atoms with van der Waals surface area (Å²) in [6.45, 7) is 0. The van der Waals surface area contributed by atoms with E-state index in [4.69, 9.17) is 16.3 Å². The molecule has 0 saturated heterocycles. The molecule has 0 fully saturated rings. The van der Waals surface area contributed by atoms with Gasteiger partial charge in [-0.25, -0.2) is 4.39 Å². The van der Waals surface area contributed by atoms with Crippen LogP contribution < -0.4 is 4.74 Å². The smallest absolute Gasteiger partial charge is 0.326 e. The van der Waals surface area contributed by atoms with Crippen LogP contribution in [0.5, 0.6) is 5.75 Å². The Labute approximate surface area is 132 Å². The third-order valence-electron chi connectivity index (χ3n) is 2.79. The van der Waals surface area contributed by atoms with Crippen LogP contribution in [0.15, 0.2) is 48.5 Å². The Kier molecular flexibility index (Phi) is 5.29. The standard InChI is InChI=1S/C17H11ClFNO2/c18-10-17(21)22-14-5-3-4-12(9-14)8-13(11-20)15-6-1-2-7-16(15)19/h1-9H,10H2/b13-8-. The summed E-state index contributed by atoms with van der Waals surface area (Å²) in [6.07, 6.45) is 1.52. The molecule has 0 aliphatic rings. The van der Waals surface area contributed by atoms with Crippen molar-refractivity contribution in [2.75, 3.05) is 5.88 Å². The summed E-state index contributed by atoms with van der Waals surface area (Å²) < 4.78 is 18.7. The lowest BCUT2D eigenvalue weighted by atomic mass is 10.0. The third kappa shape index (κ3) is 3.94. The molecule has 0 N–H and O–H groups in total. The fourth-order valence-corrected chi connectivity index (χ4v) is 1.90. The maximum atomic E-state index is 13.8. The molecule has 0 atom stereocenters. The fraction of sp³-hybridized carbons (Fsp3) is 0.0588. The van der Waals surface area contributed by atoms with Gasteiger partial charge < -0.3 is 4.74 Å². The largest absolute Gasteiger partial charge is 0.426 e. The van der Waals surface area contributed by atoms with E-state index in [-0.39, 0.29) is 17.0 Å². The molecule has 22 heavy (non-hydrogen) atoms. The zero-order valence-electron chi connectivity index (χ0n) is 11.4. The Hall–Kier alpha value is -2.64. The third-order valence-corrected chi connectivity index (χ3v) is 3.01. The van der Waals surface area contributed by atoms with Gasteiger partial charge in [-0.05, 0) is 29.8 Å². The molecule has 0 amide bonds. The van der Waals surface area contributed by atoms with Gasteiger partial charge >= 0.3 is 5.97 Å². The first-order valence-corrected chi connectivity index (χ1v) is 6.91. The summed E-state index contributed by atoms with van der Waals surface area (Å²) in [5.74, 6) is -0.985. The van der Waals surface area contributed by atoms with Crippen LogP contribution in [0.3, 0.4) is 0 Å². The molecule has 0 heterocycles. The molecular formula is C17H11ClFNO2. The number of halogens is 2. The molecule has 0 aliphatic carbocycles. The van der Waals surface area contributed by atoms with Gasteiger partial charge in [0, 0.05) is 5.56 Å². The maximum Gasteiger partial charge on any atom is 0.326 e. The maximum absolute atomic E-state index is 13.8. The lowest BCUT2D eigenvalue weighted by Gasteiger charge is -2.04. The average molecular weight is 316 g/mol. The minimum atomic E-state index is -0.572. The minimum Gasteiger partial charge on any atom is -0.426 e. The van der Waals surface area contributed by atoms with Crippen LogP contribution in [-0.2, 0) is 4.79 Å². The van der Waals surface area contributed by atoms with Crippen molar-refractivity contribution in [3.05, 3.63) is 65.5 Å². The monoisotopic (exact) mass is 315 g/mol. The van der Waals surface area contributed by atoms with Crippen molar-refractivity contribution in [3.8, 4) is 11.8 Å². The number of esters is 1. The molecule has 2 rings (SSSR count). The number of hydrogen-bond donors (Lipinski definition) is 0. The Balaban J connectivity index is 2.35. The lowest BCUT2D eigenvalue weighted by molar-refractivity contribution is -0.131. The number of carbonyl (C=O) groups excluding carboxylic acids is 1. The van der Waals surface area contributed by atoms with E-state index in [2.05, 4.69) is 0 Å². The molecule has 0 aromatic heterocycles. The fourth-order valence-electron chi connectivity index (χ4n) is 1.84. The minimum absolute atomic E-state index is 0.180. The molecule has 3 nitrogen and oxygen atoms in total. The van der Waals surface area contributed by atoms with Crippen LogP contribution in [0.2, 0.25) is 0 Å². The van der Waals surface area contributed by atoms with E-state index < -0.39 is 11.8 Å². The highest BCUT2D eigenvalue weighted by molar-refractivity contribution is 6.26. The van der Waals surface area contributed by atoms with Crippen LogP contribution in [0.4, 0.5) is 4.39 Å². The zero-order chi connectivity index (χ0) is 15.9. The van der Waals surface area contributed by atoms with E-state index in [9.17, 15) is 14.4 Å².